The highest BCUT2D eigenvalue weighted by Crippen LogP contribution is 2.21. The second-order valence-corrected chi connectivity index (χ2v) is 6.18. The number of nitrogens with zero attached hydrogens (tertiary/aromatic N) is 2. The van der Waals surface area contributed by atoms with Gasteiger partial charge in [-0.05, 0) is 38.2 Å². The lowest BCUT2D eigenvalue weighted by molar-refractivity contribution is 0.0800. The number of aryl methyl sites for hydroxylation is 1. The number of hydrogen-bond donors (Lipinski definition) is 1. The first-order valence-electron chi connectivity index (χ1n) is 7.26. The molecule has 0 saturated carbocycles. The number of hydrogen-bond acceptors (Lipinski definition) is 5. The monoisotopic (exact) mass is 409 g/mol. The number of carbonyl (C=O) groups excluding carboxylic acids is 1. The minimum atomic E-state index is -0.306. The van der Waals surface area contributed by atoms with Crippen LogP contribution in [0, 0.1) is 12.7 Å². The fourth-order valence-corrected chi connectivity index (χ4v) is 2.92. The van der Waals surface area contributed by atoms with Gasteiger partial charge in [-0.1, -0.05) is 0 Å². The summed E-state index contributed by atoms with van der Waals surface area (Å²) >= 11 is 1.33. The molecule has 25 heavy (non-hydrogen) atoms. The SMILES string of the molecule is CNCCN(C)C(=O)c1sc(COc2ccc(F)cc2)nc1C.Cl.Cl. The zero-order valence-corrected chi connectivity index (χ0v) is 16.7. The average molecular weight is 410 g/mol. The Hall–Kier alpha value is -1.41. The van der Waals surface area contributed by atoms with Crippen molar-refractivity contribution in [1.82, 2.24) is 15.2 Å². The Labute approximate surface area is 163 Å². The van der Waals surface area contributed by atoms with Crippen LogP contribution in [0.5, 0.6) is 5.75 Å². The van der Waals surface area contributed by atoms with E-state index in [4.69, 9.17) is 4.74 Å². The molecule has 1 heterocycles. The van der Waals surface area contributed by atoms with Gasteiger partial charge in [0.1, 0.15) is 28.1 Å². The number of halogens is 3. The van der Waals surface area contributed by atoms with Gasteiger partial charge < -0.3 is 15.0 Å². The predicted octanol–water partition coefficient (Wildman–Crippen LogP) is 3.30. The number of rotatable bonds is 7. The van der Waals surface area contributed by atoms with E-state index in [0.29, 0.717) is 22.9 Å². The van der Waals surface area contributed by atoms with Crippen molar-refractivity contribution in [1.29, 1.82) is 0 Å². The molecule has 5 nitrogen and oxygen atoms in total. The molecular weight excluding hydrogens is 388 g/mol. The summed E-state index contributed by atoms with van der Waals surface area (Å²) in [4.78, 5) is 19.1. The van der Waals surface area contributed by atoms with Gasteiger partial charge in [-0.15, -0.1) is 36.2 Å². The second-order valence-electron chi connectivity index (χ2n) is 5.09. The first kappa shape index (κ1) is 23.6. The van der Waals surface area contributed by atoms with E-state index in [0.717, 1.165) is 11.6 Å². The summed E-state index contributed by atoms with van der Waals surface area (Å²) in [5.74, 6) is 0.224. The highest BCUT2D eigenvalue weighted by molar-refractivity contribution is 7.13. The quantitative estimate of drug-likeness (QED) is 0.761. The number of likely N-dealkylation sites (N-methyl/N-ethyl adjacent to an activating group) is 2. The van der Waals surface area contributed by atoms with Crippen LogP contribution in [0.4, 0.5) is 4.39 Å². The van der Waals surface area contributed by atoms with E-state index in [1.807, 2.05) is 14.0 Å². The maximum absolute atomic E-state index is 12.8. The highest BCUT2D eigenvalue weighted by Gasteiger charge is 2.18. The van der Waals surface area contributed by atoms with Crippen molar-refractivity contribution < 1.29 is 13.9 Å². The van der Waals surface area contributed by atoms with Gasteiger partial charge in [-0.2, -0.15) is 0 Å². The van der Waals surface area contributed by atoms with Gasteiger partial charge in [0, 0.05) is 20.1 Å². The van der Waals surface area contributed by atoms with Gasteiger partial charge in [0.25, 0.3) is 5.91 Å². The molecule has 0 radical (unpaired) electrons. The summed E-state index contributed by atoms with van der Waals surface area (Å²) in [6.07, 6.45) is 0. The molecule has 0 bridgehead atoms. The smallest absolute Gasteiger partial charge is 0.265 e. The molecule has 0 spiro atoms. The van der Waals surface area contributed by atoms with Crippen LogP contribution < -0.4 is 10.1 Å². The molecule has 2 rings (SSSR count). The van der Waals surface area contributed by atoms with E-state index in [1.165, 1.54) is 23.5 Å². The van der Waals surface area contributed by atoms with Gasteiger partial charge >= 0.3 is 0 Å². The molecule has 9 heteroatoms. The molecule has 140 valence electrons. The lowest BCUT2D eigenvalue weighted by Crippen LogP contribution is -2.32. The molecule has 0 aliphatic rings. The van der Waals surface area contributed by atoms with Crippen molar-refractivity contribution in [3.63, 3.8) is 0 Å². The number of thiazole rings is 1. The third kappa shape index (κ3) is 6.78. The van der Waals surface area contributed by atoms with Gasteiger partial charge in [0.15, 0.2) is 0 Å². The first-order valence-corrected chi connectivity index (χ1v) is 8.07. The number of nitrogens with one attached hydrogen (secondary N) is 1. The van der Waals surface area contributed by atoms with Crippen LogP contribution in [0.1, 0.15) is 20.4 Å². The summed E-state index contributed by atoms with van der Waals surface area (Å²) in [7, 11) is 3.62. The fraction of sp³-hybridized carbons (Fsp3) is 0.375. The van der Waals surface area contributed by atoms with E-state index in [-0.39, 0.29) is 43.1 Å². The van der Waals surface area contributed by atoms with E-state index in [1.54, 1.807) is 24.1 Å². The summed E-state index contributed by atoms with van der Waals surface area (Å²) in [6.45, 7) is 3.44. The molecule has 1 N–H and O–H groups in total. The normalized spacial score (nSPS) is 9.76. The Morgan fingerprint density at radius 1 is 1.32 bits per heavy atom. The largest absolute Gasteiger partial charge is 0.486 e. The number of amides is 1. The molecule has 0 saturated heterocycles. The predicted molar refractivity (Wildman–Crippen MR) is 103 cm³/mol. The Bertz CT molecular complexity index is 668. The molecule has 0 fully saturated rings. The van der Waals surface area contributed by atoms with Crippen LogP contribution in [-0.2, 0) is 6.61 Å². The highest BCUT2D eigenvalue weighted by atomic mass is 35.5. The van der Waals surface area contributed by atoms with Crippen molar-refractivity contribution in [3.05, 3.63) is 45.7 Å². The van der Waals surface area contributed by atoms with Gasteiger partial charge in [0.2, 0.25) is 0 Å². The van der Waals surface area contributed by atoms with Crippen molar-refractivity contribution in [2.24, 2.45) is 0 Å². The average Bonchev–Trinajstić information content (AvgIpc) is 2.92. The van der Waals surface area contributed by atoms with Crippen LogP contribution >= 0.6 is 36.2 Å². The Morgan fingerprint density at radius 3 is 2.56 bits per heavy atom. The zero-order chi connectivity index (χ0) is 16.8. The number of carbonyl (C=O) groups is 1. The Morgan fingerprint density at radius 2 is 1.96 bits per heavy atom. The lowest BCUT2D eigenvalue weighted by Gasteiger charge is -2.15. The Balaban J connectivity index is 0.00000288. The number of ether oxygens (including phenoxy) is 1. The molecule has 0 unspecified atom stereocenters. The van der Waals surface area contributed by atoms with Crippen molar-refractivity contribution >= 4 is 42.1 Å². The van der Waals surface area contributed by atoms with Crippen molar-refractivity contribution in [3.8, 4) is 5.75 Å². The van der Waals surface area contributed by atoms with Gasteiger partial charge in [-0.3, -0.25) is 4.79 Å². The second kappa shape index (κ2) is 11.3. The Kier molecular flexibility index (Phi) is 10.6. The maximum atomic E-state index is 12.8. The summed E-state index contributed by atoms with van der Waals surface area (Å²) in [5, 5.41) is 3.73. The van der Waals surface area contributed by atoms with E-state index in [9.17, 15) is 9.18 Å². The molecular formula is C16H22Cl2FN3O2S. The van der Waals surface area contributed by atoms with Crippen LogP contribution in [0.3, 0.4) is 0 Å². The van der Waals surface area contributed by atoms with Crippen molar-refractivity contribution in [2.45, 2.75) is 13.5 Å². The van der Waals surface area contributed by atoms with E-state index < -0.39 is 0 Å². The van der Waals surface area contributed by atoms with Gasteiger partial charge in [-0.25, -0.2) is 9.37 Å². The maximum Gasteiger partial charge on any atom is 0.265 e. The molecule has 0 aliphatic heterocycles. The molecule has 2 aromatic rings. The van der Waals surface area contributed by atoms with Crippen LogP contribution in [0.2, 0.25) is 0 Å². The number of aromatic nitrogens is 1. The topological polar surface area (TPSA) is 54.5 Å². The molecule has 1 aromatic heterocycles. The summed E-state index contributed by atoms with van der Waals surface area (Å²) in [6, 6.07) is 5.81. The van der Waals surface area contributed by atoms with Crippen molar-refractivity contribution in [2.75, 3.05) is 27.2 Å². The van der Waals surface area contributed by atoms with Crippen LogP contribution in [-0.4, -0.2) is 43.0 Å². The zero-order valence-electron chi connectivity index (χ0n) is 14.2. The standard InChI is InChI=1S/C16H20FN3O2S.2ClH/c1-11-15(16(21)20(3)9-8-18-2)23-14(19-11)10-22-13-6-4-12(17)5-7-13;;/h4-7,18H,8-10H2,1-3H3;2*1H. The van der Waals surface area contributed by atoms with Crippen LogP contribution in [0.25, 0.3) is 0 Å². The number of benzene rings is 1. The summed E-state index contributed by atoms with van der Waals surface area (Å²) in [5.41, 5.74) is 0.703. The fourth-order valence-electron chi connectivity index (χ4n) is 1.94. The first-order chi connectivity index (χ1) is 11.0. The third-order valence-electron chi connectivity index (χ3n) is 3.25. The minimum Gasteiger partial charge on any atom is -0.486 e. The van der Waals surface area contributed by atoms with E-state index in [2.05, 4.69) is 10.3 Å². The van der Waals surface area contributed by atoms with Crippen LogP contribution in [0.15, 0.2) is 24.3 Å². The summed E-state index contributed by atoms with van der Waals surface area (Å²) < 4.78 is 18.4. The lowest BCUT2D eigenvalue weighted by atomic mass is 10.3. The minimum absolute atomic E-state index is 0. The molecule has 0 aliphatic carbocycles. The third-order valence-corrected chi connectivity index (χ3v) is 4.37. The van der Waals surface area contributed by atoms with Gasteiger partial charge in [0.05, 0.1) is 5.69 Å². The molecule has 0 atom stereocenters. The molecule has 1 aromatic carbocycles. The van der Waals surface area contributed by atoms with E-state index >= 15 is 0 Å². The molecule has 1 amide bonds.